The van der Waals surface area contributed by atoms with Crippen molar-refractivity contribution >= 4 is 34.0 Å². The zero-order chi connectivity index (χ0) is 24.6. The molecule has 0 unspecified atom stereocenters. The van der Waals surface area contributed by atoms with Gasteiger partial charge in [0.05, 0.1) is 22.6 Å². The van der Waals surface area contributed by atoms with Crippen LogP contribution in [0.25, 0.3) is 5.69 Å². The molecule has 4 rings (SSSR count). The molecule has 0 atom stereocenters. The summed E-state index contributed by atoms with van der Waals surface area (Å²) in [7, 11) is 0. The molecule has 0 saturated carbocycles. The second kappa shape index (κ2) is 9.15. The Kier molecular flexibility index (Phi) is 6.41. The first kappa shape index (κ1) is 23.8. The van der Waals surface area contributed by atoms with E-state index in [4.69, 9.17) is 11.6 Å². The Balaban J connectivity index is 1.53. The molecule has 0 spiro atoms. The van der Waals surface area contributed by atoms with E-state index in [9.17, 15) is 22.4 Å². The summed E-state index contributed by atoms with van der Waals surface area (Å²) in [4.78, 5) is 17.7. The molecule has 0 saturated heterocycles. The van der Waals surface area contributed by atoms with Crippen molar-refractivity contribution < 1.29 is 22.4 Å². The highest BCUT2D eigenvalue weighted by Crippen LogP contribution is 2.34. The van der Waals surface area contributed by atoms with Gasteiger partial charge in [0, 0.05) is 16.3 Å². The van der Waals surface area contributed by atoms with Crippen molar-refractivity contribution in [2.75, 3.05) is 5.32 Å². The van der Waals surface area contributed by atoms with Crippen molar-refractivity contribution in [3.8, 4) is 5.69 Å². The molecule has 4 aromatic rings. The van der Waals surface area contributed by atoms with Gasteiger partial charge in [-0.1, -0.05) is 16.8 Å². The lowest BCUT2D eigenvalue weighted by Gasteiger charge is -2.10. The number of alkyl halides is 3. The van der Waals surface area contributed by atoms with Gasteiger partial charge in [-0.05, 0) is 61.9 Å². The number of benzene rings is 2. The average Bonchev–Trinajstić information content (AvgIpc) is 3.31. The van der Waals surface area contributed by atoms with E-state index in [0.29, 0.717) is 27.5 Å². The van der Waals surface area contributed by atoms with Crippen molar-refractivity contribution in [2.24, 2.45) is 0 Å². The van der Waals surface area contributed by atoms with Crippen molar-refractivity contribution in [2.45, 2.75) is 26.4 Å². The maximum atomic E-state index is 13.2. The minimum absolute atomic E-state index is 0.0552. The standard InChI is InChI=1S/C22H16ClF4N5OS/c1-11-18(10-13-9-14(22(25,26)27)3-8-17(13)23)34-21(28-11)29-20(33)19-12(2)32(31-30-19)16-6-4-15(24)5-7-16/h3-9H,10H2,1-2H3,(H,28,29,33). The molecule has 1 amide bonds. The van der Waals surface area contributed by atoms with Crippen LogP contribution in [-0.4, -0.2) is 25.9 Å². The number of aromatic nitrogens is 4. The molecule has 2 aromatic carbocycles. The fourth-order valence-corrected chi connectivity index (χ4v) is 4.39. The summed E-state index contributed by atoms with van der Waals surface area (Å²) in [5.41, 5.74) is 1.10. The van der Waals surface area contributed by atoms with Crippen LogP contribution in [0.2, 0.25) is 5.02 Å². The van der Waals surface area contributed by atoms with Gasteiger partial charge in [-0.2, -0.15) is 13.2 Å². The van der Waals surface area contributed by atoms with Gasteiger partial charge in [0.25, 0.3) is 5.91 Å². The SMILES string of the molecule is Cc1nc(NC(=O)c2nnn(-c3ccc(F)cc3)c2C)sc1Cc1cc(C(F)(F)F)ccc1Cl. The average molecular weight is 510 g/mol. The normalized spacial score (nSPS) is 11.6. The Morgan fingerprint density at radius 1 is 1.15 bits per heavy atom. The van der Waals surface area contributed by atoms with Crippen LogP contribution in [-0.2, 0) is 12.6 Å². The third-order valence-electron chi connectivity index (χ3n) is 5.02. The molecule has 2 heterocycles. The zero-order valence-corrected chi connectivity index (χ0v) is 19.3. The maximum Gasteiger partial charge on any atom is 0.416 e. The Bertz CT molecular complexity index is 1360. The van der Waals surface area contributed by atoms with Crippen molar-refractivity contribution in [1.29, 1.82) is 0 Å². The molecule has 176 valence electrons. The Hall–Kier alpha value is -3.31. The van der Waals surface area contributed by atoms with Crippen LogP contribution in [0.1, 0.15) is 37.9 Å². The van der Waals surface area contributed by atoms with E-state index >= 15 is 0 Å². The minimum Gasteiger partial charge on any atom is -0.296 e. The zero-order valence-electron chi connectivity index (χ0n) is 17.7. The van der Waals surface area contributed by atoms with E-state index in [1.807, 2.05) is 0 Å². The minimum atomic E-state index is -4.48. The number of hydrogen-bond donors (Lipinski definition) is 1. The number of nitrogens with one attached hydrogen (secondary N) is 1. The van der Waals surface area contributed by atoms with E-state index < -0.39 is 23.5 Å². The van der Waals surface area contributed by atoms with Crippen molar-refractivity contribution in [3.63, 3.8) is 0 Å². The van der Waals surface area contributed by atoms with E-state index in [2.05, 4.69) is 20.6 Å². The quantitative estimate of drug-likeness (QED) is 0.335. The first-order chi connectivity index (χ1) is 16.0. The number of rotatable bonds is 5. The van der Waals surface area contributed by atoms with Gasteiger partial charge in [-0.25, -0.2) is 14.1 Å². The van der Waals surface area contributed by atoms with Gasteiger partial charge >= 0.3 is 6.18 Å². The van der Waals surface area contributed by atoms with E-state index in [0.717, 1.165) is 23.5 Å². The summed E-state index contributed by atoms with van der Waals surface area (Å²) in [6, 6.07) is 8.71. The van der Waals surface area contributed by atoms with Gasteiger partial charge in [0.2, 0.25) is 0 Å². The third kappa shape index (κ3) is 4.95. The number of halogens is 5. The summed E-state index contributed by atoms with van der Waals surface area (Å²) < 4.78 is 53.7. The predicted octanol–water partition coefficient (Wildman–Crippen LogP) is 6.00. The molecule has 0 aliphatic rings. The van der Waals surface area contributed by atoms with Crippen LogP contribution in [0, 0.1) is 19.7 Å². The van der Waals surface area contributed by atoms with Crippen molar-refractivity contribution in [1.82, 2.24) is 20.0 Å². The largest absolute Gasteiger partial charge is 0.416 e. The number of thiazole rings is 1. The molecule has 2 aromatic heterocycles. The van der Waals surface area contributed by atoms with Crippen LogP contribution < -0.4 is 5.32 Å². The number of amides is 1. The highest BCUT2D eigenvalue weighted by Gasteiger charge is 2.31. The third-order valence-corrected chi connectivity index (χ3v) is 6.46. The number of anilines is 1. The molecule has 6 nitrogen and oxygen atoms in total. The molecule has 1 N–H and O–H groups in total. The molecule has 0 aliphatic carbocycles. The summed E-state index contributed by atoms with van der Waals surface area (Å²) in [6.07, 6.45) is -4.35. The highest BCUT2D eigenvalue weighted by molar-refractivity contribution is 7.15. The second-order valence-electron chi connectivity index (χ2n) is 7.37. The lowest BCUT2D eigenvalue weighted by Crippen LogP contribution is -2.14. The van der Waals surface area contributed by atoms with E-state index in [1.54, 1.807) is 13.8 Å². The Labute approximate surface area is 200 Å². The first-order valence-corrected chi connectivity index (χ1v) is 11.0. The molecule has 0 fully saturated rings. The van der Waals surface area contributed by atoms with Crippen LogP contribution in [0.5, 0.6) is 0 Å². The van der Waals surface area contributed by atoms with Gasteiger partial charge in [0.15, 0.2) is 10.8 Å². The first-order valence-electron chi connectivity index (χ1n) is 9.84. The number of carbonyl (C=O) groups is 1. The molecule has 12 heteroatoms. The molecular formula is C22H16ClF4N5OS. The van der Waals surface area contributed by atoms with Crippen LogP contribution in [0.15, 0.2) is 42.5 Å². The summed E-state index contributed by atoms with van der Waals surface area (Å²) in [6.45, 7) is 3.34. The topological polar surface area (TPSA) is 72.7 Å². The molecule has 0 bridgehead atoms. The summed E-state index contributed by atoms with van der Waals surface area (Å²) in [5.74, 6) is -0.955. The van der Waals surface area contributed by atoms with Gasteiger partial charge < -0.3 is 0 Å². The molecule has 0 radical (unpaired) electrons. The van der Waals surface area contributed by atoms with Gasteiger partial charge in [-0.3, -0.25) is 10.1 Å². The van der Waals surface area contributed by atoms with Crippen LogP contribution >= 0.6 is 22.9 Å². The second-order valence-corrected chi connectivity index (χ2v) is 8.86. The molecule has 34 heavy (non-hydrogen) atoms. The van der Waals surface area contributed by atoms with Crippen LogP contribution in [0.4, 0.5) is 22.7 Å². The summed E-state index contributed by atoms with van der Waals surface area (Å²) >= 11 is 7.24. The van der Waals surface area contributed by atoms with Gasteiger partial charge in [0.1, 0.15) is 5.82 Å². The number of hydrogen-bond acceptors (Lipinski definition) is 5. The monoisotopic (exact) mass is 509 g/mol. The van der Waals surface area contributed by atoms with E-state index in [-0.39, 0.29) is 22.3 Å². The van der Waals surface area contributed by atoms with Crippen molar-refractivity contribution in [3.05, 3.63) is 86.4 Å². The van der Waals surface area contributed by atoms with E-state index in [1.165, 1.54) is 35.0 Å². The predicted molar refractivity (Wildman–Crippen MR) is 120 cm³/mol. The highest BCUT2D eigenvalue weighted by atomic mass is 35.5. The Morgan fingerprint density at radius 3 is 2.53 bits per heavy atom. The maximum absolute atomic E-state index is 13.2. The number of carbonyl (C=O) groups excluding carboxylic acids is 1. The fourth-order valence-electron chi connectivity index (χ4n) is 3.23. The smallest absolute Gasteiger partial charge is 0.296 e. The van der Waals surface area contributed by atoms with Gasteiger partial charge in [-0.15, -0.1) is 16.4 Å². The molecular weight excluding hydrogens is 494 g/mol. The summed E-state index contributed by atoms with van der Waals surface area (Å²) in [5, 5.41) is 11.0. The lowest BCUT2D eigenvalue weighted by molar-refractivity contribution is -0.137. The van der Waals surface area contributed by atoms with Crippen LogP contribution in [0.3, 0.4) is 0 Å². The lowest BCUT2D eigenvalue weighted by atomic mass is 10.1. The Morgan fingerprint density at radius 2 is 1.85 bits per heavy atom. The number of nitrogens with zero attached hydrogens (tertiary/aromatic N) is 4. The molecule has 0 aliphatic heterocycles. The fraction of sp³-hybridized carbons (Fsp3) is 0.182. The number of aryl methyl sites for hydroxylation is 1.